The van der Waals surface area contributed by atoms with E-state index in [1.807, 2.05) is 0 Å². The van der Waals surface area contributed by atoms with Crippen molar-refractivity contribution in [1.82, 2.24) is 10.3 Å². The molecular formula is C17H10Cl3N3O3S2. The van der Waals surface area contributed by atoms with E-state index in [-0.39, 0.29) is 27.2 Å². The lowest BCUT2D eigenvalue weighted by Gasteiger charge is -2.04. The molecule has 0 saturated carbocycles. The van der Waals surface area contributed by atoms with E-state index in [2.05, 4.69) is 10.3 Å². The molecule has 0 atom stereocenters. The van der Waals surface area contributed by atoms with Crippen molar-refractivity contribution >= 4 is 69.5 Å². The van der Waals surface area contributed by atoms with Crippen molar-refractivity contribution in [2.24, 2.45) is 0 Å². The van der Waals surface area contributed by atoms with Gasteiger partial charge in [-0.1, -0.05) is 58.7 Å². The third-order valence-electron chi connectivity index (χ3n) is 3.47. The molecule has 0 radical (unpaired) electrons. The fourth-order valence-electron chi connectivity index (χ4n) is 2.14. The van der Waals surface area contributed by atoms with E-state index < -0.39 is 10.8 Å². The molecule has 2 heterocycles. The van der Waals surface area contributed by atoms with E-state index in [0.29, 0.717) is 14.1 Å². The molecule has 11 heteroatoms. The van der Waals surface area contributed by atoms with Crippen molar-refractivity contribution in [3.8, 4) is 0 Å². The number of aromatic nitrogens is 1. The van der Waals surface area contributed by atoms with Crippen molar-refractivity contribution in [2.45, 2.75) is 15.6 Å². The lowest BCUT2D eigenvalue weighted by Crippen LogP contribution is -2.21. The van der Waals surface area contributed by atoms with Crippen LogP contribution in [0.2, 0.25) is 15.1 Å². The zero-order valence-corrected chi connectivity index (χ0v) is 17.7. The fraction of sp³-hybridized carbons (Fsp3) is 0.0588. The summed E-state index contributed by atoms with van der Waals surface area (Å²) in [6.45, 7) is 0.270. The summed E-state index contributed by atoms with van der Waals surface area (Å²) in [5.41, 5.74) is 0.671. The van der Waals surface area contributed by atoms with Crippen molar-refractivity contribution < 1.29 is 9.72 Å². The molecule has 0 aliphatic heterocycles. The SMILES string of the molecule is O=C(NCc1ccc(Cl)cc1)c1cc([N+](=O)[O-])c(Sc2c(Cl)cncc2Cl)s1. The number of hydrogen-bond acceptors (Lipinski definition) is 6. The van der Waals surface area contributed by atoms with Crippen LogP contribution in [0.25, 0.3) is 0 Å². The number of carbonyl (C=O) groups excluding carboxylic acids is 1. The molecule has 2 aromatic heterocycles. The first-order chi connectivity index (χ1) is 13.3. The first-order valence-corrected chi connectivity index (χ1v) is 10.4. The van der Waals surface area contributed by atoms with Gasteiger partial charge in [-0.25, -0.2) is 0 Å². The Bertz CT molecular complexity index is 1020. The number of halogens is 3. The van der Waals surface area contributed by atoms with Crippen LogP contribution in [0.3, 0.4) is 0 Å². The van der Waals surface area contributed by atoms with Gasteiger partial charge in [0.2, 0.25) is 0 Å². The van der Waals surface area contributed by atoms with Gasteiger partial charge < -0.3 is 5.32 Å². The smallest absolute Gasteiger partial charge is 0.294 e. The van der Waals surface area contributed by atoms with Crippen molar-refractivity contribution in [1.29, 1.82) is 0 Å². The van der Waals surface area contributed by atoms with E-state index >= 15 is 0 Å². The number of hydrogen-bond donors (Lipinski definition) is 1. The van der Waals surface area contributed by atoms with Crippen LogP contribution in [-0.2, 0) is 6.54 Å². The summed E-state index contributed by atoms with van der Waals surface area (Å²) >= 11 is 20.0. The molecule has 6 nitrogen and oxygen atoms in total. The quantitative estimate of drug-likeness (QED) is 0.345. The molecule has 0 aliphatic carbocycles. The highest BCUT2D eigenvalue weighted by Gasteiger charge is 2.24. The Morgan fingerprint density at radius 2 is 1.82 bits per heavy atom. The predicted molar refractivity (Wildman–Crippen MR) is 112 cm³/mol. The summed E-state index contributed by atoms with van der Waals surface area (Å²) in [4.78, 5) is 27.8. The number of nitrogens with one attached hydrogen (secondary N) is 1. The van der Waals surface area contributed by atoms with Crippen LogP contribution in [-0.4, -0.2) is 15.8 Å². The topological polar surface area (TPSA) is 85.1 Å². The van der Waals surface area contributed by atoms with Crippen LogP contribution >= 0.6 is 57.9 Å². The fourth-order valence-corrected chi connectivity index (χ4v) is 5.04. The highest BCUT2D eigenvalue weighted by atomic mass is 35.5. The maximum atomic E-state index is 12.4. The van der Waals surface area contributed by atoms with Gasteiger partial charge in [-0.15, -0.1) is 11.3 Å². The van der Waals surface area contributed by atoms with Gasteiger partial charge in [0.15, 0.2) is 0 Å². The van der Waals surface area contributed by atoms with E-state index in [9.17, 15) is 14.9 Å². The van der Waals surface area contributed by atoms with E-state index in [1.165, 1.54) is 18.5 Å². The Kier molecular flexibility index (Phi) is 6.79. The number of amides is 1. The van der Waals surface area contributed by atoms with Crippen LogP contribution in [0, 0.1) is 10.1 Å². The van der Waals surface area contributed by atoms with E-state index in [4.69, 9.17) is 34.8 Å². The van der Waals surface area contributed by atoms with Gasteiger partial charge in [0, 0.05) is 30.0 Å². The number of rotatable bonds is 6. The second-order valence-corrected chi connectivity index (χ2v) is 8.97. The van der Waals surface area contributed by atoms with Gasteiger partial charge >= 0.3 is 0 Å². The predicted octanol–water partition coefficient (Wildman–Crippen LogP) is 6.09. The molecule has 28 heavy (non-hydrogen) atoms. The number of nitrogens with zero attached hydrogens (tertiary/aromatic N) is 2. The Morgan fingerprint density at radius 3 is 2.43 bits per heavy atom. The molecule has 0 fully saturated rings. The van der Waals surface area contributed by atoms with Crippen LogP contribution in [0.4, 0.5) is 5.69 Å². The first kappa shape index (κ1) is 20.9. The lowest BCUT2D eigenvalue weighted by atomic mass is 10.2. The van der Waals surface area contributed by atoms with E-state index in [0.717, 1.165) is 28.7 Å². The summed E-state index contributed by atoms with van der Waals surface area (Å²) in [7, 11) is 0. The van der Waals surface area contributed by atoms with Gasteiger partial charge in [-0.2, -0.15) is 0 Å². The van der Waals surface area contributed by atoms with Crippen molar-refractivity contribution in [3.63, 3.8) is 0 Å². The van der Waals surface area contributed by atoms with Gasteiger partial charge in [0.25, 0.3) is 11.6 Å². The Morgan fingerprint density at radius 1 is 1.18 bits per heavy atom. The van der Waals surface area contributed by atoms with E-state index in [1.54, 1.807) is 24.3 Å². The zero-order chi connectivity index (χ0) is 20.3. The lowest BCUT2D eigenvalue weighted by molar-refractivity contribution is -0.387. The second-order valence-electron chi connectivity index (χ2n) is 5.38. The number of nitro groups is 1. The summed E-state index contributed by atoms with van der Waals surface area (Å²) in [5.74, 6) is -0.415. The number of thiophene rings is 1. The number of benzene rings is 1. The molecule has 0 bridgehead atoms. The van der Waals surface area contributed by atoms with Crippen molar-refractivity contribution in [2.75, 3.05) is 0 Å². The molecular weight excluding hydrogens is 465 g/mol. The normalized spacial score (nSPS) is 10.7. The molecule has 3 aromatic rings. The van der Waals surface area contributed by atoms with Crippen molar-refractivity contribution in [3.05, 3.63) is 78.3 Å². The minimum atomic E-state index is -0.544. The average Bonchev–Trinajstić information content (AvgIpc) is 3.08. The molecule has 0 aliphatic rings. The minimum Gasteiger partial charge on any atom is -0.347 e. The van der Waals surface area contributed by atoms with Gasteiger partial charge in [-0.3, -0.25) is 19.9 Å². The Hall–Kier alpha value is -1.84. The van der Waals surface area contributed by atoms with Crippen LogP contribution in [0.15, 0.2) is 51.8 Å². The molecule has 0 unspecified atom stereocenters. The highest BCUT2D eigenvalue weighted by molar-refractivity contribution is 8.01. The molecule has 1 N–H and O–H groups in total. The highest BCUT2D eigenvalue weighted by Crippen LogP contribution is 2.45. The van der Waals surface area contributed by atoms with Crippen LogP contribution < -0.4 is 5.32 Å². The van der Waals surface area contributed by atoms with Gasteiger partial charge in [0.1, 0.15) is 9.09 Å². The standard InChI is InChI=1S/C17H10Cl3N3O3S2/c18-10-3-1-9(2-4-10)6-22-16(24)14-5-13(23(25)26)17(27-14)28-15-11(19)7-21-8-12(15)20/h1-5,7-8H,6H2,(H,22,24). The average molecular weight is 475 g/mol. The maximum absolute atomic E-state index is 12.4. The maximum Gasteiger partial charge on any atom is 0.294 e. The third kappa shape index (κ3) is 4.95. The number of pyridine rings is 1. The molecule has 3 rings (SSSR count). The first-order valence-electron chi connectivity index (χ1n) is 7.63. The van der Waals surface area contributed by atoms with Gasteiger partial charge in [0.05, 0.1) is 19.9 Å². The summed E-state index contributed by atoms with van der Waals surface area (Å²) in [6.07, 6.45) is 2.80. The summed E-state index contributed by atoms with van der Waals surface area (Å²) < 4.78 is 0.302. The minimum absolute atomic E-state index is 0.185. The molecule has 144 valence electrons. The van der Waals surface area contributed by atoms with Gasteiger partial charge in [-0.05, 0) is 17.7 Å². The summed E-state index contributed by atoms with van der Waals surface area (Å²) in [6, 6.07) is 8.25. The number of carbonyl (C=O) groups is 1. The van der Waals surface area contributed by atoms with Crippen LogP contribution in [0.1, 0.15) is 15.2 Å². The largest absolute Gasteiger partial charge is 0.347 e. The molecule has 1 aromatic carbocycles. The Balaban J connectivity index is 1.80. The summed E-state index contributed by atoms with van der Waals surface area (Å²) in [5, 5.41) is 15.3. The third-order valence-corrected chi connectivity index (χ3v) is 6.98. The monoisotopic (exact) mass is 473 g/mol. The molecule has 0 spiro atoms. The Labute approximate surface area is 183 Å². The second kappa shape index (κ2) is 9.11. The molecule has 0 saturated heterocycles. The van der Waals surface area contributed by atoms with Crippen LogP contribution in [0.5, 0.6) is 0 Å². The zero-order valence-electron chi connectivity index (χ0n) is 13.8. The molecule has 1 amide bonds.